The number of para-hydroxylation sites is 1. The minimum absolute atomic E-state index is 0.192. The van der Waals surface area contributed by atoms with Crippen molar-refractivity contribution in [1.82, 2.24) is 10.6 Å². The quantitative estimate of drug-likeness (QED) is 0.548. The van der Waals surface area contributed by atoms with E-state index in [-0.39, 0.29) is 5.96 Å². The number of hydrogen-bond acceptors (Lipinski definition) is 3. The van der Waals surface area contributed by atoms with Gasteiger partial charge in [0.05, 0.1) is 13.3 Å². The molecular formula is C9H11N5O2. The fourth-order valence-electron chi connectivity index (χ4n) is 1.43. The fourth-order valence-corrected chi connectivity index (χ4v) is 1.43. The van der Waals surface area contributed by atoms with E-state index in [0.717, 1.165) is 5.69 Å². The zero-order valence-electron chi connectivity index (χ0n) is 8.46. The minimum Gasteiger partial charge on any atom is -0.336 e. The highest BCUT2D eigenvalue weighted by molar-refractivity contribution is 5.80. The molecule has 0 aromatic heterocycles. The number of nitrogens with one attached hydrogen (secondary N) is 2. The van der Waals surface area contributed by atoms with Crippen LogP contribution in [0.25, 0.3) is 0 Å². The molecule has 0 bridgehead atoms. The van der Waals surface area contributed by atoms with Gasteiger partial charge < -0.3 is 15.5 Å². The zero-order chi connectivity index (χ0) is 11.4. The molecule has 7 heteroatoms. The maximum atomic E-state index is 10.1. The van der Waals surface area contributed by atoms with Crippen LogP contribution < -0.4 is 15.5 Å². The average molecular weight is 221 g/mol. The predicted molar refractivity (Wildman–Crippen MR) is 59.4 cm³/mol. The van der Waals surface area contributed by atoms with Crippen LogP contribution in [0, 0.1) is 10.1 Å². The molecule has 0 amide bonds. The molecule has 2 rings (SSSR count). The molecule has 0 unspecified atom stereocenters. The number of hydrazone groups is 1. The molecule has 1 aromatic rings. The van der Waals surface area contributed by atoms with Crippen LogP contribution in [-0.4, -0.2) is 24.3 Å². The first-order valence-corrected chi connectivity index (χ1v) is 4.76. The summed E-state index contributed by atoms with van der Waals surface area (Å²) in [5.74, 6) is 0.192. The maximum Gasteiger partial charge on any atom is 0.271 e. The van der Waals surface area contributed by atoms with Crippen molar-refractivity contribution in [2.75, 3.05) is 18.2 Å². The normalized spacial score (nSPS) is 15.0. The minimum atomic E-state index is -0.729. The SMILES string of the molecule is O=[N+]([O-])N=C1NCN(c2ccccc2)CN1. The molecule has 0 saturated carbocycles. The van der Waals surface area contributed by atoms with Gasteiger partial charge in [-0.3, -0.25) is 0 Å². The van der Waals surface area contributed by atoms with E-state index in [2.05, 4.69) is 15.7 Å². The van der Waals surface area contributed by atoms with E-state index in [0.29, 0.717) is 13.3 Å². The molecule has 0 radical (unpaired) electrons. The lowest BCUT2D eigenvalue weighted by Crippen LogP contribution is -2.55. The lowest BCUT2D eigenvalue weighted by molar-refractivity contribution is -0.485. The molecule has 1 aliphatic rings. The van der Waals surface area contributed by atoms with Crippen LogP contribution in [0.5, 0.6) is 0 Å². The summed E-state index contributed by atoms with van der Waals surface area (Å²) in [5, 5.41) is 18.2. The van der Waals surface area contributed by atoms with Crippen LogP contribution >= 0.6 is 0 Å². The maximum absolute atomic E-state index is 10.1. The molecule has 1 saturated heterocycles. The number of nitrogens with zero attached hydrogens (tertiary/aromatic N) is 3. The van der Waals surface area contributed by atoms with Crippen LogP contribution in [0.4, 0.5) is 5.69 Å². The van der Waals surface area contributed by atoms with Crippen molar-refractivity contribution in [1.29, 1.82) is 0 Å². The highest BCUT2D eigenvalue weighted by Gasteiger charge is 2.15. The summed E-state index contributed by atoms with van der Waals surface area (Å²) >= 11 is 0. The third-order valence-corrected chi connectivity index (χ3v) is 2.18. The van der Waals surface area contributed by atoms with Crippen LogP contribution in [0.3, 0.4) is 0 Å². The molecule has 1 aliphatic heterocycles. The lowest BCUT2D eigenvalue weighted by Gasteiger charge is -2.30. The van der Waals surface area contributed by atoms with Gasteiger partial charge in [0.2, 0.25) is 0 Å². The molecule has 0 spiro atoms. The summed E-state index contributed by atoms with van der Waals surface area (Å²) in [5.41, 5.74) is 1.04. The Morgan fingerprint density at radius 3 is 2.44 bits per heavy atom. The van der Waals surface area contributed by atoms with Crippen molar-refractivity contribution in [3.05, 3.63) is 40.4 Å². The van der Waals surface area contributed by atoms with Gasteiger partial charge in [0.15, 0.2) is 5.03 Å². The van der Waals surface area contributed by atoms with E-state index in [1.54, 1.807) is 0 Å². The summed E-state index contributed by atoms with van der Waals surface area (Å²) in [4.78, 5) is 12.1. The Balaban J connectivity index is 1.98. The summed E-state index contributed by atoms with van der Waals surface area (Å²) in [6.07, 6.45) is 0. The first-order valence-electron chi connectivity index (χ1n) is 4.76. The number of benzene rings is 1. The highest BCUT2D eigenvalue weighted by Crippen LogP contribution is 2.11. The Hall–Kier alpha value is -2.31. The van der Waals surface area contributed by atoms with Gasteiger partial charge in [-0.15, -0.1) is 0 Å². The zero-order valence-corrected chi connectivity index (χ0v) is 8.46. The number of hydrogen-bond donors (Lipinski definition) is 2. The molecule has 7 nitrogen and oxygen atoms in total. The second-order valence-electron chi connectivity index (χ2n) is 3.23. The predicted octanol–water partition coefficient (Wildman–Crippen LogP) is 0.148. The summed E-state index contributed by atoms with van der Waals surface area (Å²) in [7, 11) is 0. The molecule has 0 atom stereocenters. The molecule has 1 heterocycles. The van der Waals surface area contributed by atoms with Crippen molar-refractivity contribution in [2.24, 2.45) is 5.10 Å². The second-order valence-corrected chi connectivity index (χ2v) is 3.23. The van der Waals surface area contributed by atoms with Gasteiger partial charge in [-0.05, 0) is 12.1 Å². The van der Waals surface area contributed by atoms with Gasteiger partial charge in [0, 0.05) is 5.69 Å². The molecule has 0 aliphatic carbocycles. The standard InChI is InChI=1S/C9H11N5O2/c15-14(16)12-9-10-6-13(7-11-9)8-4-2-1-3-5-8/h1-5H,6-7H2,(H2,10,11,12). The fraction of sp³-hybridized carbons (Fsp3) is 0.222. The Bertz CT molecular complexity index is 396. The Labute approximate surface area is 91.9 Å². The Morgan fingerprint density at radius 2 is 1.88 bits per heavy atom. The third kappa shape index (κ3) is 2.38. The van der Waals surface area contributed by atoms with Crippen molar-refractivity contribution in [3.8, 4) is 0 Å². The van der Waals surface area contributed by atoms with Gasteiger partial charge in [-0.1, -0.05) is 18.2 Å². The molecular weight excluding hydrogens is 210 g/mol. The molecule has 2 N–H and O–H groups in total. The second kappa shape index (κ2) is 4.47. The molecule has 84 valence electrons. The van der Waals surface area contributed by atoms with E-state index in [1.165, 1.54) is 0 Å². The topological polar surface area (TPSA) is 82.8 Å². The third-order valence-electron chi connectivity index (χ3n) is 2.18. The van der Waals surface area contributed by atoms with Crippen molar-refractivity contribution >= 4 is 11.6 Å². The Kier molecular flexibility index (Phi) is 2.86. The molecule has 1 aromatic carbocycles. The van der Waals surface area contributed by atoms with Crippen molar-refractivity contribution in [2.45, 2.75) is 0 Å². The van der Waals surface area contributed by atoms with E-state index >= 15 is 0 Å². The van der Waals surface area contributed by atoms with Crippen LogP contribution in [0.15, 0.2) is 35.4 Å². The number of rotatable bonds is 2. The molecule has 16 heavy (non-hydrogen) atoms. The smallest absolute Gasteiger partial charge is 0.271 e. The van der Waals surface area contributed by atoms with Crippen LogP contribution in [0.1, 0.15) is 0 Å². The molecule has 1 fully saturated rings. The van der Waals surface area contributed by atoms with Crippen LogP contribution in [-0.2, 0) is 0 Å². The van der Waals surface area contributed by atoms with Crippen molar-refractivity contribution < 1.29 is 5.03 Å². The van der Waals surface area contributed by atoms with Gasteiger partial charge in [-0.2, -0.15) is 0 Å². The average Bonchev–Trinajstić information content (AvgIpc) is 2.30. The van der Waals surface area contributed by atoms with Gasteiger partial charge in [0.1, 0.15) is 5.10 Å². The number of guanidine groups is 1. The van der Waals surface area contributed by atoms with E-state index in [4.69, 9.17) is 0 Å². The Morgan fingerprint density at radius 1 is 1.25 bits per heavy atom. The lowest BCUT2D eigenvalue weighted by atomic mass is 10.3. The first-order chi connectivity index (χ1) is 7.75. The summed E-state index contributed by atoms with van der Waals surface area (Å²) in [6.45, 7) is 0.980. The largest absolute Gasteiger partial charge is 0.336 e. The monoisotopic (exact) mass is 221 g/mol. The van der Waals surface area contributed by atoms with Crippen LogP contribution in [0.2, 0.25) is 0 Å². The van der Waals surface area contributed by atoms with Gasteiger partial charge in [0.25, 0.3) is 5.96 Å². The summed E-state index contributed by atoms with van der Waals surface area (Å²) in [6, 6.07) is 9.76. The van der Waals surface area contributed by atoms with E-state index in [9.17, 15) is 10.1 Å². The number of nitro groups is 1. The van der Waals surface area contributed by atoms with Gasteiger partial charge in [-0.25, -0.2) is 10.1 Å². The first kappa shape index (κ1) is 10.2. The van der Waals surface area contributed by atoms with E-state index in [1.807, 2.05) is 35.2 Å². The highest BCUT2D eigenvalue weighted by atomic mass is 16.7. The van der Waals surface area contributed by atoms with E-state index < -0.39 is 5.03 Å². The number of anilines is 1. The summed E-state index contributed by atoms with van der Waals surface area (Å²) < 4.78 is 0. The van der Waals surface area contributed by atoms with Gasteiger partial charge >= 0.3 is 0 Å². The van der Waals surface area contributed by atoms with Crippen molar-refractivity contribution in [3.63, 3.8) is 0 Å².